The molecule has 6 heteroatoms. The van der Waals surface area contributed by atoms with Gasteiger partial charge in [0.2, 0.25) is 0 Å². The molecule has 0 aliphatic heterocycles. The second-order valence-corrected chi connectivity index (χ2v) is 2.70. The van der Waals surface area contributed by atoms with Gasteiger partial charge in [0.15, 0.2) is 0 Å². The Morgan fingerprint density at radius 3 is 2.33 bits per heavy atom. The van der Waals surface area contributed by atoms with Crippen LogP contribution in [0.4, 0.5) is 0 Å². The maximum atomic E-state index is 11.6. The van der Waals surface area contributed by atoms with E-state index >= 15 is 0 Å². The number of carbonyl (C=O) groups excluding carboxylic acids is 1. The summed E-state index contributed by atoms with van der Waals surface area (Å²) in [6, 6.07) is 1.74. The molecular formula is C9H15N3O3. The summed E-state index contributed by atoms with van der Waals surface area (Å²) in [4.78, 5) is 12.8. The largest absolute Gasteiger partial charge is 0.395 e. The number of hydrogen-bond acceptors (Lipinski definition) is 5. The minimum atomic E-state index is -0.505. The van der Waals surface area contributed by atoms with Crippen LogP contribution in [0.15, 0.2) is 11.8 Å². The molecule has 0 aromatic carbocycles. The van der Waals surface area contributed by atoms with Crippen molar-refractivity contribution in [2.75, 3.05) is 33.4 Å². The first kappa shape index (κ1) is 13.4. The van der Waals surface area contributed by atoms with E-state index in [4.69, 9.17) is 15.5 Å². The van der Waals surface area contributed by atoms with Gasteiger partial charge in [0.25, 0.3) is 5.91 Å². The highest BCUT2D eigenvalue weighted by Crippen LogP contribution is 1.99. The van der Waals surface area contributed by atoms with Crippen molar-refractivity contribution < 1.29 is 15.0 Å². The number of hydrogen-bond donors (Lipinski definition) is 3. The molecule has 1 amide bonds. The first-order valence-corrected chi connectivity index (χ1v) is 4.49. The van der Waals surface area contributed by atoms with Gasteiger partial charge < -0.3 is 20.4 Å². The molecule has 0 unspecified atom stereocenters. The predicted molar refractivity (Wildman–Crippen MR) is 53.5 cm³/mol. The second kappa shape index (κ2) is 7.79. The Morgan fingerprint density at radius 2 is 2.00 bits per heavy atom. The molecule has 3 N–H and O–H groups in total. The molecule has 0 heterocycles. The Balaban J connectivity index is 4.61. The number of aliphatic hydroxyl groups excluding tert-OH is 2. The predicted octanol–water partition coefficient (Wildman–Crippen LogP) is -1.57. The smallest absolute Gasteiger partial charge is 0.266 e. The fraction of sp³-hybridized carbons (Fsp3) is 0.556. The third-order valence-corrected chi connectivity index (χ3v) is 1.67. The molecule has 0 rings (SSSR count). The number of amides is 1. The van der Waals surface area contributed by atoms with E-state index < -0.39 is 5.91 Å². The first-order chi connectivity index (χ1) is 7.21. The summed E-state index contributed by atoms with van der Waals surface area (Å²) >= 11 is 0. The number of nitrogens with one attached hydrogen (secondary N) is 1. The van der Waals surface area contributed by atoms with Crippen molar-refractivity contribution in [1.29, 1.82) is 5.26 Å². The minimum Gasteiger partial charge on any atom is -0.395 e. The molecule has 15 heavy (non-hydrogen) atoms. The Kier molecular flexibility index (Phi) is 6.97. The summed E-state index contributed by atoms with van der Waals surface area (Å²) in [7, 11) is 1.58. The molecule has 0 aliphatic carbocycles. The quantitative estimate of drug-likeness (QED) is 0.366. The fourth-order valence-corrected chi connectivity index (χ4v) is 1.01. The lowest BCUT2D eigenvalue weighted by Gasteiger charge is -2.19. The van der Waals surface area contributed by atoms with E-state index in [1.54, 1.807) is 13.1 Å². The van der Waals surface area contributed by atoms with Crippen LogP contribution in [0.5, 0.6) is 0 Å². The lowest BCUT2D eigenvalue weighted by atomic mass is 10.2. The van der Waals surface area contributed by atoms with Crippen LogP contribution in [0.1, 0.15) is 0 Å². The second-order valence-electron chi connectivity index (χ2n) is 2.70. The number of rotatable bonds is 6. The number of nitriles is 1. The van der Waals surface area contributed by atoms with Gasteiger partial charge >= 0.3 is 0 Å². The van der Waals surface area contributed by atoms with Crippen LogP contribution in [0.25, 0.3) is 0 Å². The number of aliphatic hydroxyl groups is 2. The molecule has 6 nitrogen and oxygen atoms in total. The van der Waals surface area contributed by atoms with Gasteiger partial charge in [0, 0.05) is 26.3 Å². The zero-order chi connectivity index (χ0) is 11.7. The lowest BCUT2D eigenvalue weighted by molar-refractivity contribution is -0.127. The first-order valence-electron chi connectivity index (χ1n) is 4.49. The van der Waals surface area contributed by atoms with Crippen LogP contribution >= 0.6 is 0 Å². The molecule has 0 saturated carbocycles. The Hall–Kier alpha value is -1.58. The van der Waals surface area contributed by atoms with Gasteiger partial charge in [-0.15, -0.1) is 0 Å². The standard InChI is InChI=1S/C9H15N3O3/c1-11-7-8(6-10)9(15)12(2-4-13)3-5-14/h7,11,13-14H,2-5H2,1H3/b8-7-. The summed E-state index contributed by atoms with van der Waals surface area (Å²) in [5.41, 5.74) is -0.0561. The van der Waals surface area contributed by atoms with Crippen LogP contribution in [0.3, 0.4) is 0 Å². The molecule has 0 aromatic rings. The van der Waals surface area contributed by atoms with Crippen molar-refractivity contribution in [1.82, 2.24) is 10.2 Å². The molecule has 84 valence electrons. The summed E-state index contributed by atoms with van der Waals surface area (Å²) in [6.45, 7) is -0.210. The van der Waals surface area contributed by atoms with Crippen LogP contribution < -0.4 is 5.32 Å². The average Bonchev–Trinajstić information content (AvgIpc) is 2.24. The van der Waals surface area contributed by atoms with Crippen molar-refractivity contribution in [3.05, 3.63) is 11.8 Å². The van der Waals surface area contributed by atoms with Gasteiger partial charge in [-0.05, 0) is 0 Å². The molecular weight excluding hydrogens is 198 g/mol. The van der Waals surface area contributed by atoms with E-state index in [-0.39, 0.29) is 31.9 Å². The van der Waals surface area contributed by atoms with Crippen molar-refractivity contribution in [3.8, 4) is 6.07 Å². The van der Waals surface area contributed by atoms with Gasteiger partial charge in [-0.25, -0.2) is 0 Å². The molecule has 0 aromatic heterocycles. The Morgan fingerprint density at radius 1 is 1.47 bits per heavy atom. The van der Waals surface area contributed by atoms with E-state index in [2.05, 4.69) is 5.32 Å². The fourth-order valence-electron chi connectivity index (χ4n) is 1.01. The van der Waals surface area contributed by atoms with Crippen molar-refractivity contribution in [2.24, 2.45) is 0 Å². The zero-order valence-corrected chi connectivity index (χ0v) is 8.60. The molecule has 0 atom stereocenters. The van der Waals surface area contributed by atoms with Crippen LogP contribution in [-0.4, -0.2) is 54.4 Å². The van der Waals surface area contributed by atoms with Gasteiger partial charge in [0.05, 0.1) is 13.2 Å². The average molecular weight is 213 g/mol. The van der Waals surface area contributed by atoms with Crippen LogP contribution in [0, 0.1) is 11.3 Å². The molecule has 0 saturated heterocycles. The van der Waals surface area contributed by atoms with E-state index in [1.165, 1.54) is 11.1 Å². The third kappa shape index (κ3) is 4.44. The molecule has 0 radical (unpaired) electrons. The maximum Gasteiger partial charge on any atom is 0.266 e. The lowest BCUT2D eigenvalue weighted by Crippen LogP contribution is -2.36. The highest BCUT2D eigenvalue weighted by molar-refractivity contribution is 5.97. The van der Waals surface area contributed by atoms with E-state index in [0.29, 0.717) is 0 Å². The van der Waals surface area contributed by atoms with Crippen molar-refractivity contribution in [2.45, 2.75) is 0 Å². The Labute approximate surface area is 88.4 Å². The normalized spacial score (nSPS) is 10.7. The minimum absolute atomic E-state index is 0.0561. The van der Waals surface area contributed by atoms with Gasteiger partial charge in [-0.1, -0.05) is 0 Å². The summed E-state index contributed by atoms with van der Waals surface area (Å²) in [5, 5.41) is 28.7. The van der Waals surface area contributed by atoms with Gasteiger partial charge in [-0.3, -0.25) is 4.79 Å². The van der Waals surface area contributed by atoms with Crippen molar-refractivity contribution in [3.63, 3.8) is 0 Å². The van der Waals surface area contributed by atoms with Crippen molar-refractivity contribution >= 4 is 5.91 Å². The van der Waals surface area contributed by atoms with Crippen LogP contribution in [0.2, 0.25) is 0 Å². The molecule has 0 fully saturated rings. The Bertz CT molecular complexity index is 264. The third-order valence-electron chi connectivity index (χ3n) is 1.67. The molecule has 0 aliphatic rings. The van der Waals surface area contributed by atoms with Gasteiger partial charge in [0.1, 0.15) is 11.6 Å². The topological polar surface area (TPSA) is 96.6 Å². The summed E-state index contributed by atoms with van der Waals surface area (Å²) < 4.78 is 0. The summed E-state index contributed by atoms with van der Waals surface area (Å²) in [5.74, 6) is -0.505. The van der Waals surface area contributed by atoms with E-state index in [9.17, 15) is 4.79 Å². The number of nitrogens with zero attached hydrogens (tertiary/aromatic N) is 2. The van der Waals surface area contributed by atoms with E-state index in [1.807, 2.05) is 0 Å². The maximum absolute atomic E-state index is 11.6. The number of carbonyl (C=O) groups is 1. The zero-order valence-electron chi connectivity index (χ0n) is 8.60. The molecule has 0 spiro atoms. The highest BCUT2D eigenvalue weighted by Gasteiger charge is 2.16. The monoisotopic (exact) mass is 213 g/mol. The van der Waals surface area contributed by atoms with Crippen LogP contribution in [-0.2, 0) is 4.79 Å². The SMILES string of the molecule is CN/C=C(/C#N)C(=O)N(CCO)CCO. The molecule has 0 bridgehead atoms. The van der Waals surface area contributed by atoms with Gasteiger partial charge in [-0.2, -0.15) is 5.26 Å². The summed E-state index contributed by atoms with van der Waals surface area (Å²) in [6.07, 6.45) is 1.28. The highest BCUT2D eigenvalue weighted by atomic mass is 16.3. The van der Waals surface area contributed by atoms with E-state index in [0.717, 1.165) is 0 Å².